The van der Waals surface area contributed by atoms with Gasteiger partial charge in [0.15, 0.2) is 0 Å². The van der Waals surface area contributed by atoms with Crippen molar-refractivity contribution in [3.63, 3.8) is 0 Å². The van der Waals surface area contributed by atoms with E-state index in [9.17, 15) is 9.59 Å². The van der Waals surface area contributed by atoms with Gasteiger partial charge < -0.3 is 15.0 Å². The lowest BCUT2D eigenvalue weighted by atomic mass is 9.90. The molecule has 1 rings (SSSR count). The molecule has 0 aromatic rings. The fourth-order valence-corrected chi connectivity index (χ4v) is 2.24. The molecule has 1 saturated heterocycles. The molecule has 5 nitrogen and oxygen atoms in total. The van der Waals surface area contributed by atoms with Gasteiger partial charge in [-0.1, -0.05) is 6.92 Å². The summed E-state index contributed by atoms with van der Waals surface area (Å²) in [7, 11) is 1.66. The first kappa shape index (κ1) is 15.0. The van der Waals surface area contributed by atoms with Crippen LogP contribution in [0.15, 0.2) is 0 Å². The molecule has 0 bridgehead atoms. The second-order valence-corrected chi connectivity index (χ2v) is 5.01. The second-order valence-electron chi connectivity index (χ2n) is 5.01. The van der Waals surface area contributed by atoms with Crippen LogP contribution in [0.1, 0.15) is 40.0 Å². The van der Waals surface area contributed by atoms with Crippen LogP contribution in [-0.2, 0) is 14.3 Å². The van der Waals surface area contributed by atoms with E-state index >= 15 is 0 Å². The zero-order valence-corrected chi connectivity index (χ0v) is 11.8. The highest BCUT2D eigenvalue weighted by molar-refractivity contribution is 5.99. The van der Waals surface area contributed by atoms with Gasteiger partial charge in [0.2, 0.25) is 11.8 Å². The minimum Gasteiger partial charge on any atom is -0.385 e. The summed E-state index contributed by atoms with van der Waals surface area (Å²) in [5.41, 5.74) is -0.712. The number of hydrogen-bond acceptors (Lipinski definition) is 3. The van der Waals surface area contributed by atoms with Gasteiger partial charge in [0, 0.05) is 20.3 Å². The molecule has 5 heteroatoms. The minimum absolute atomic E-state index is 0.0105. The number of carbonyl (C=O) groups is 2. The molecule has 18 heavy (non-hydrogen) atoms. The van der Waals surface area contributed by atoms with Crippen molar-refractivity contribution in [1.29, 1.82) is 0 Å². The average molecular weight is 256 g/mol. The highest BCUT2D eigenvalue weighted by Gasteiger charge is 2.46. The number of amides is 2. The van der Waals surface area contributed by atoms with Crippen LogP contribution in [0.25, 0.3) is 0 Å². The molecule has 1 heterocycles. The average Bonchev–Trinajstić information content (AvgIpc) is 2.35. The summed E-state index contributed by atoms with van der Waals surface area (Å²) < 4.78 is 5.00. The maximum absolute atomic E-state index is 12.2. The summed E-state index contributed by atoms with van der Waals surface area (Å²) in [6.45, 7) is 6.81. The van der Waals surface area contributed by atoms with E-state index in [4.69, 9.17) is 4.74 Å². The standard InChI is InChI=1S/C13H24N2O3/c1-5-13(3)12(17)14-10(2)11(16)15(13)8-6-7-9-18-4/h10H,5-9H2,1-4H3,(H,14,17). The Hall–Kier alpha value is -1.10. The molecule has 2 amide bonds. The van der Waals surface area contributed by atoms with Crippen molar-refractivity contribution >= 4 is 11.8 Å². The Morgan fingerprint density at radius 3 is 2.61 bits per heavy atom. The molecule has 0 radical (unpaired) electrons. The molecular weight excluding hydrogens is 232 g/mol. The third kappa shape index (κ3) is 2.83. The van der Waals surface area contributed by atoms with Crippen molar-refractivity contribution in [2.45, 2.75) is 51.6 Å². The second kappa shape index (κ2) is 6.18. The summed E-state index contributed by atoms with van der Waals surface area (Å²) in [6, 6.07) is -0.417. The van der Waals surface area contributed by atoms with Gasteiger partial charge in [-0.25, -0.2) is 0 Å². The van der Waals surface area contributed by atoms with Gasteiger partial charge >= 0.3 is 0 Å². The van der Waals surface area contributed by atoms with E-state index in [-0.39, 0.29) is 11.8 Å². The molecule has 1 aliphatic heterocycles. The Kier molecular flexibility index (Phi) is 5.14. The number of ether oxygens (including phenoxy) is 1. The number of methoxy groups -OCH3 is 1. The lowest BCUT2D eigenvalue weighted by Crippen LogP contribution is -2.68. The fourth-order valence-electron chi connectivity index (χ4n) is 2.24. The zero-order chi connectivity index (χ0) is 13.8. The molecular formula is C13H24N2O3. The molecule has 0 aliphatic carbocycles. The summed E-state index contributed by atoms with van der Waals surface area (Å²) in [5.74, 6) is -0.0415. The number of rotatable bonds is 6. The Balaban J connectivity index is 2.73. The first-order valence-electron chi connectivity index (χ1n) is 6.58. The van der Waals surface area contributed by atoms with Gasteiger partial charge in [-0.3, -0.25) is 9.59 Å². The first-order chi connectivity index (χ1) is 8.47. The molecule has 0 spiro atoms. The van der Waals surface area contributed by atoms with Crippen LogP contribution in [0.4, 0.5) is 0 Å². The van der Waals surface area contributed by atoms with Gasteiger partial charge in [-0.15, -0.1) is 0 Å². The third-order valence-corrected chi connectivity index (χ3v) is 3.74. The molecule has 0 saturated carbocycles. The molecule has 1 aliphatic rings. The highest BCUT2D eigenvalue weighted by Crippen LogP contribution is 2.25. The Labute approximate surface area is 109 Å². The maximum atomic E-state index is 12.2. The molecule has 2 atom stereocenters. The third-order valence-electron chi connectivity index (χ3n) is 3.74. The number of piperazine rings is 1. The summed E-state index contributed by atoms with van der Waals surface area (Å²) in [6.07, 6.45) is 2.38. The van der Waals surface area contributed by atoms with Crippen LogP contribution < -0.4 is 5.32 Å². The Morgan fingerprint density at radius 2 is 2.06 bits per heavy atom. The summed E-state index contributed by atoms with van der Waals surface area (Å²) in [5, 5.41) is 2.75. The first-order valence-corrected chi connectivity index (χ1v) is 6.58. The van der Waals surface area contributed by atoms with Crippen molar-refractivity contribution in [1.82, 2.24) is 10.2 Å². The minimum atomic E-state index is -0.712. The fraction of sp³-hybridized carbons (Fsp3) is 0.846. The van der Waals surface area contributed by atoms with Crippen molar-refractivity contribution in [2.75, 3.05) is 20.3 Å². The lowest BCUT2D eigenvalue weighted by molar-refractivity contribution is -0.156. The largest absolute Gasteiger partial charge is 0.385 e. The summed E-state index contributed by atoms with van der Waals surface area (Å²) in [4.78, 5) is 26.0. The number of nitrogens with zero attached hydrogens (tertiary/aromatic N) is 1. The number of unbranched alkanes of at least 4 members (excludes halogenated alkanes) is 1. The van der Waals surface area contributed by atoms with E-state index in [0.717, 1.165) is 12.8 Å². The number of nitrogens with one attached hydrogen (secondary N) is 1. The quantitative estimate of drug-likeness (QED) is 0.719. The normalized spacial score (nSPS) is 28.4. The van der Waals surface area contributed by atoms with Crippen molar-refractivity contribution in [3.05, 3.63) is 0 Å². The number of hydrogen-bond donors (Lipinski definition) is 1. The maximum Gasteiger partial charge on any atom is 0.246 e. The molecule has 0 aromatic carbocycles. The van der Waals surface area contributed by atoms with Crippen LogP contribution in [0.3, 0.4) is 0 Å². The van der Waals surface area contributed by atoms with Crippen LogP contribution >= 0.6 is 0 Å². The van der Waals surface area contributed by atoms with Gasteiger partial charge in [0.1, 0.15) is 11.6 Å². The number of carbonyl (C=O) groups excluding carboxylic acids is 2. The van der Waals surface area contributed by atoms with Gasteiger partial charge in [-0.05, 0) is 33.1 Å². The SMILES string of the molecule is CCC1(C)C(=O)NC(C)C(=O)N1CCCCOC. The van der Waals surface area contributed by atoms with Crippen LogP contribution in [0, 0.1) is 0 Å². The van der Waals surface area contributed by atoms with Crippen LogP contribution in [0.5, 0.6) is 0 Å². The molecule has 1 N–H and O–H groups in total. The smallest absolute Gasteiger partial charge is 0.246 e. The van der Waals surface area contributed by atoms with E-state index in [2.05, 4.69) is 5.32 Å². The topological polar surface area (TPSA) is 58.6 Å². The monoisotopic (exact) mass is 256 g/mol. The van der Waals surface area contributed by atoms with Gasteiger partial charge in [0.05, 0.1) is 0 Å². The molecule has 104 valence electrons. The van der Waals surface area contributed by atoms with E-state index in [1.165, 1.54) is 0 Å². The molecule has 0 aromatic heterocycles. The van der Waals surface area contributed by atoms with Gasteiger partial charge in [0.25, 0.3) is 0 Å². The molecule has 1 fully saturated rings. The van der Waals surface area contributed by atoms with E-state index in [1.54, 1.807) is 18.9 Å². The van der Waals surface area contributed by atoms with E-state index < -0.39 is 11.6 Å². The van der Waals surface area contributed by atoms with Crippen molar-refractivity contribution in [3.8, 4) is 0 Å². The van der Waals surface area contributed by atoms with Gasteiger partial charge in [-0.2, -0.15) is 0 Å². The van der Waals surface area contributed by atoms with Crippen LogP contribution in [-0.4, -0.2) is 48.6 Å². The van der Waals surface area contributed by atoms with Crippen molar-refractivity contribution in [2.24, 2.45) is 0 Å². The van der Waals surface area contributed by atoms with E-state index in [1.807, 2.05) is 13.8 Å². The summed E-state index contributed by atoms with van der Waals surface area (Å²) >= 11 is 0. The predicted molar refractivity (Wildman–Crippen MR) is 69.1 cm³/mol. The van der Waals surface area contributed by atoms with Crippen molar-refractivity contribution < 1.29 is 14.3 Å². The molecule has 2 unspecified atom stereocenters. The van der Waals surface area contributed by atoms with Crippen LogP contribution in [0.2, 0.25) is 0 Å². The Morgan fingerprint density at radius 1 is 1.39 bits per heavy atom. The Bertz CT molecular complexity index is 319. The predicted octanol–water partition coefficient (Wildman–Crippen LogP) is 0.929. The van der Waals surface area contributed by atoms with E-state index in [0.29, 0.717) is 19.6 Å². The highest BCUT2D eigenvalue weighted by atomic mass is 16.5. The lowest BCUT2D eigenvalue weighted by Gasteiger charge is -2.45. The zero-order valence-electron chi connectivity index (χ0n) is 11.8.